The van der Waals surface area contributed by atoms with Gasteiger partial charge in [0.05, 0.1) is 11.4 Å². The molecule has 2 aromatic rings. The molecule has 40 heavy (non-hydrogen) atoms. The average molecular weight is 573 g/mol. The molecule has 216 valence electrons. The van der Waals surface area contributed by atoms with Crippen molar-refractivity contribution in [1.82, 2.24) is 14.9 Å². The fourth-order valence-electron chi connectivity index (χ4n) is 4.23. The fraction of sp³-hybridized carbons (Fsp3) is 0.385. The highest BCUT2D eigenvalue weighted by Gasteiger charge is 2.36. The summed E-state index contributed by atoms with van der Waals surface area (Å²) in [5.74, 6) is -1.58. The summed E-state index contributed by atoms with van der Waals surface area (Å²) in [5.41, 5.74) is 18.4. The van der Waals surface area contributed by atoms with Crippen molar-refractivity contribution >= 4 is 45.1 Å². The van der Waals surface area contributed by atoms with Crippen molar-refractivity contribution in [3.05, 3.63) is 54.1 Å². The number of aliphatic imine (C=N–C) groups is 1. The Kier molecular flexibility index (Phi) is 10.4. The van der Waals surface area contributed by atoms with Gasteiger partial charge in [0.2, 0.25) is 27.7 Å². The summed E-state index contributed by atoms with van der Waals surface area (Å²) in [7, 11) is -3.91. The van der Waals surface area contributed by atoms with E-state index >= 15 is 0 Å². The zero-order valence-electron chi connectivity index (χ0n) is 22.3. The number of sulfonamides is 1. The fourth-order valence-corrected chi connectivity index (χ4v) is 5.21. The van der Waals surface area contributed by atoms with E-state index in [1.54, 1.807) is 36.4 Å². The van der Waals surface area contributed by atoms with Crippen LogP contribution >= 0.6 is 0 Å². The minimum Gasteiger partial charge on any atom is -0.399 e. The molecule has 2 aromatic carbocycles. The molecule has 0 saturated carbocycles. The molecule has 0 unspecified atom stereocenters. The van der Waals surface area contributed by atoms with Gasteiger partial charge in [-0.2, -0.15) is 0 Å². The molecular weight excluding hydrogens is 536 g/mol. The SMILES string of the molecule is Cc1ccc(S(=O)(=O)NCC(=O)N2CCC[C@H]2C(=O)N[C@@H](CCCN=C(N)N)C(=O)Nc2ccc(N)cc2)cc1. The lowest BCUT2D eigenvalue weighted by Gasteiger charge is -2.26. The largest absolute Gasteiger partial charge is 0.399 e. The van der Waals surface area contributed by atoms with Gasteiger partial charge in [-0.3, -0.25) is 19.4 Å². The highest BCUT2D eigenvalue weighted by Crippen LogP contribution is 2.19. The van der Waals surface area contributed by atoms with Crippen molar-refractivity contribution in [3.63, 3.8) is 0 Å². The quantitative estimate of drug-likeness (QED) is 0.0880. The topological polar surface area (TPSA) is 215 Å². The molecule has 2 atom stereocenters. The number of anilines is 2. The van der Waals surface area contributed by atoms with Crippen LogP contribution in [0.3, 0.4) is 0 Å². The van der Waals surface area contributed by atoms with Crippen molar-refractivity contribution in [1.29, 1.82) is 0 Å². The number of benzene rings is 2. The average Bonchev–Trinajstić information content (AvgIpc) is 3.41. The van der Waals surface area contributed by atoms with Gasteiger partial charge in [-0.1, -0.05) is 17.7 Å². The number of guanidine groups is 1. The zero-order chi connectivity index (χ0) is 29.3. The van der Waals surface area contributed by atoms with Crippen LogP contribution in [0.2, 0.25) is 0 Å². The third-order valence-corrected chi connectivity index (χ3v) is 7.79. The number of nitrogens with one attached hydrogen (secondary N) is 3. The second-order valence-electron chi connectivity index (χ2n) is 9.50. The summed E-state index contributed by atoms with van der Waals surface area (Å²) in [6.45, 7) is 1.89. The molecule has 3 rings (SSSR count). The van der Waals surface area contributed by atoms with Crippen LogP contribution in [0.15, 0.2) is 58.4 Å². The van der Waals surface area contributed by atoms with Crippen LogP contribution in [-0.2, 0) is 24.4 Å². The minimum absolute atomic E-state index is 0.0392. The van der Waals surface area contributed by atoms with E-state index in [1.165, 1.54) is 17.0 Å². The molecule has 1 aliphatic heterocycles. The lowest BCUT2D eigenvalue weighted by Crippen LogP contribution is -2.53. The maximum absolute atomic E-state index is 13.3. The predicted molar refractivity (Wildman–Crippen MR) is 152 cm³/mol. The highest BCUT2D eigenvalue weighted by atomic mass is 32.2. The number of nitrogens with zero attached hydrogens (tertiary/aromatic N) is 2. The number of likely N-dealkylation sites (tertiary alicyclic amines) is 1. The lowest BCUT2D eigenvalue weighted by molar-refractivity contribution is -0.138. The molecule has 14 heteroatoms. The molecule has 9 N–H and O–H groups in total. The van der Waals surface area contributed by atoms with Crippen LogP contribution in [0, 0.1) is 6.92 Å². The Bertz CT molecular complexity index is 1330. The van der Waals surface area contributed by atoms with E-state index in [9.17, 15) is 22.8 Å². The summed E-state index contributed by atoms with van der Waals surface area (Å²) in [5, 5.41) is 5.50. The summed E-state index contributed by atoms with van der Waals surface area (Å²) < 4.78 is 27.5. The second-order valence-corrected chi connectivity index (χ2v) is 11.3. The van der Waals surface area contributed by atoms with Crippen LogP contribution in [0.4, 0.5) is 11.4 Å². The van der Waals surface area contributed by atoms with Crippen molar-refractivity contribution in [3.8, 4) is 0 Å². The van der Waals surface area contributed by atoms with Gasteiger partial charge in [0.1, 0.15) is 12.1 Å². The van der Waals surface area contributed by atoms with E-state index < -0.39 is 46.4 Å². The Morgan fingerprint density at radius 2 is 1.75 bits per heavy atom. The Balaban J connectivity index is 1.65. The summed E-state index contributed by atoms with van der Waals surface area (Å²) in [6, 6.07) is 11.0. The monoisotopic (exact) mass is 572 g/mol. The summed E-state index contributed by atoms with van der Waals surface area (Å²) in [4.78, 5) is 44.6. The first kappa shape index (κ1) is 30.4. The van der Waals surface area contributed by atoms with Gasteiger partial charge in [-0.15, -0.1) is 0 Å². The van der Waals surface area contributed by atoms with Crippen LogP contribution in [-0.4, -0.2) is 68.7 Å². The lowest BCUT2D eigenvalue weighted by atomic mass is 10.1. The van der Waals surface area contributed by atoms with E-state index in [2.05, 4.69) is 20.3 Å². The molecule has 0 aliphatic carbocycles. The van der Waals surface area contributed by atoms with Gasteiger partial charge in [-0.25, -0.2) is 13.1 Å². The second kappa shape index (κ2) is 13.8. The third kappa shape index (κ3) is 8.68. The normalized spacial score (nSPS) is 15.7. The van der Waals surface area contributed by atoms with Crippen LogP contribution in [0.1, 0.15) is 31.2 Å². The zero-order valence-corrected chi connectivity index (χ0v) is 23.1. The van der Waals surface area contributed by atoms with Crippen molar-refractivity contribution < 1.29 is 22.8 Å². The molecule has 1 saturated heterocycles. The molecule has 0 bridgehead atoms. The molecule has 3 amide bonds. The van der Waals surface area contributed by atoms with E-state index in [-0.39, 0.29) is 30.4 Å². The van der Waals surface area contributed by atoms with E-state index in [0.717, 1.165) is 5.56 Å². The van der Waals surface area contributed by atoms with Crippen molar-refractivity contribution in [2.45, 2.75) is 49.6 Å². The maximum atomic E-state index is 13.3. The first-order valence-corrected chi connectivity index (χ1v) is 14.3. The van der Waals surface area contributed by atoms with Gasteiger partial charge >= 0.3 is 0 Å². The molecule has 1 aliphatic rings. The summed E-state index contributed by atoms with van der Waals surface area (Å²) >= 11 is 0. The number of hydrogen-bond acceptors (Lipinski definition) is 7. The van der Waals surface area contributed by atoms with Crippen LogP contribution in [0.25, 0.3) is 0 Å². The number of rotatable bonds is 12. The molecule has 0 aromatic heterocycles. The number of aryl methyl sites for hydroxylation is 1. The standard InChI is InChI=1S/C26H36N8O5S/c1-17-6-12-20(13-7-17)40(38,39)31-16-23(35)34-15-3-5-22(34)25(37)33-21(4-2-14-30-26(28)29)24(36)32-19-10-8-18(27)9-11-19/h6-13,21-22,31H,2-5,14-16,27H2,1H3,(H,32,36)(H,33,37)(H4,28,29,30)/t21-,22-/m0/s1. The number of nitrogen functional groups attached to an aromatic ring is 1. The first-order valence-electron chi connectivity index (χ1n) is 12.8. The molecule has 13 nitrogen and oxygen atoms in total. The maximum Gasteiger partial charge on any atom is 0.246 e. The Labute approximate surface area is 233 Å². The van der Waals surface area contributed by atoms with Gasteiger partial charge in [-0.05, 0) is 69.0 Å². The van der Waals surface area contributed by atoms with Crippen LogP contribution < -0.4 is 32.6 Å². The number of hydrogen-bond donors (Lipinski definition) is 6. The van der Waals surface area contributed by atoms with E-state index in [4.69, 9.17) is 17.2 Å². The highest BCUT2D eigenvalue weighted by molar-refractivity contribution is 7.89. The smallest absolute Gasteiger partial charge is 0.246 e. The molecule has 1 fully saturated rings. The van der Waals surface area contributed by atoms with Gasteiger partial charge in [0.15, 0.2) is 5.96 Å². The van der Waals surface area contributed by atoms with Crippen molar-refractivity contribution in [2.24, 2.45) is 16.5 Å². The third-order valence-electron chi connectivity index (χ3n) is 6.38. The number of nitrogens with two attached hydrogens (primary N) is 3. The predicted octanol–water partition coefficient (Wildman–Crippen LogP) is 0.0236. The Morgan fingerprint density at radius 1 is 1.07 bits per heavy atom. The van der Waals surface area contributed by atoms with Gasteiger partial charge in [0, 0.05) is 24.5 Å². The molecule has 0 radical (unpaired) electrons. The number of carbonyl (C=O) groups excluding carboxylic acids is 3. The first-order chi connectivity index (χ1) is 19.0. The van der Waals surface area contributed by atoms with E-state index in [0.29, 0.717) is 30.6 Å². The van der Waals surface area contributed by atoms with Crippen LogP contribution in [0.5, 0.6) is 0 Å². The molecule has 0 spiro atoms. The Hall–Kier alpha value is -4.17. The Morgan fingerprint density at radius 3 is 2.40 bits per heavy atom. The van der Waals surface area contributed by atoms with Gasteiger partial charge in [0.25, 0.3) is 0 Å². The van der Waals surface area contributed by atoms with Crippen molar-refractivity contribution in [2.75, 3.05) is 30.7 Å². The molecular formula is C26H36N8O5S. The van der Waals surface area contributed by atoms with E-state index in [1.807, 2.05) is 6.92 Å². The summed E-state index contributed by atoms with van der Waals surface area (Å²) in [6.07, 6.45) is 1.58. The number of carbonyl (C=O) groups is 3. The van der Waals surface area contributed by atoms with Gasteiger partial charge < -0.3 is 32.7 Å². The molecule has 1 heterocycles. The number of amides is 3. The minimum atomic E-state index is -3.91.